The lowest BCUT2D eigenvalue weighted by atomic mass is 9.86. The van der Waals surface area contributed by atoms with Crippen molar-refractivity contribution < 1.29 is 18.7 Å². The van der Waals surface area contributed by atoms with E-state index < -0.39 is 5.54 Å². The van der Waals surface area contributed by atoms with Crippen molar-refractivity contribution in [2.24, 2.45) is 0 Å². The summed E-state index contributed by atoms with van der Waals surface area (Å²) in [7, 11) is 3.39. The number of aryl methyl sites for hydroxylation is 1. The van der Waals surface area contributed by atoms with Crippen molar-refractivity contribution in [1.29, 1.82) is 0 Å². The van der Waals surface area contributed by atoms with Gasteiger partial charge in [0.1, 0.15) is 22.8 Å². The quantitative estimate of drug-likeness (QED) is 0.610. The first-order valence-corrected chi connectivity index (χ1v) is 11.4. The second-order valence-electron chi connectivity index (χ2n) is 9.09. The van der Waals surface area contributed by atoms with Gasteiger partial charge in [-0.2, -0.15) is 0 Å². The number of methoxy groups -OCH3 is 1. The Morgan fingerprint density at radius 1 is 1.09 bits per heavy atom. The Balaban J connectivity index is 1.35. The zero-order valence-electron chi connectivity index (χ0n) is 19.5. The van der Waals surface area contributed by atoms with E-state index in [-0.39, 0.29) is 18.5 Å². The molecule has 1 aromatic carbocycles. The number of rotatable bonds is 7. The SMILES string of the molecule is COc1ccc(CN2C(=O)N(C)C3(CCN(CCC(C)c4ccc(C)o4)CC3)C2=O)cc1. The number of carbonyl (C=O) groups is 2. The molecule has 1 spiro atoms. The molecule has 2 aromatic rings. The highest BCUT2D eigenvalue weighted by Crippen LogP contribution is 2.37. The molecule has 0 radical (unpaired) electrons. The standard InChI is InChI=1S/C25H33N3O4/c1-18(22-10-5-19(2)32-22)11-14-27-15-12-25(13-16-27)23(29)28(24(30)26(25)3)17-20-6-8-21(31-4)9-7-20/h5-10,18H,11-17H2,1-4H3. The van der Waals surface area contributed by atoms with E-state index in [2.05, 4.69) is 17.9 Å². The van der Waals surface area contributed by atoms with Crippen LogP contribution >= 0.6 is 0 Å². The monoisotopic (exact) mass is 439 g/mol. The minimum absolute atomic E-state index is 0.0695. The Hall–Kier alpha value is -2.80. The molecule has 2 saturated heterocycles. The number of hydrogen-bond donors (Lipinski definition) is 0. The number of amides is 3. The third-order valence-electron chi connectivity index (χ3n) is 7.11. The summed E-state index contributed by atoms with van der Waals surface area (Å²) in [5.41, 5.74) is 0.196. The van der Waals surface area contributed by atoms with Crippen LogP contribution in [0, 0.1) is 6.92 Å². The molecule has 0 bridgehead atoms. The molecule has 172 valence electrons. The minimum Gasteiger partial charge on any atom is -0.497 e. The van der Waals surface area contributed by atoms with Gasteiger partial charge < -0.3 is 19.0 Å². The van der Waals surface area contributed by atoms with Crippen molar-refractivity contribution in [3.63, 3.8) is 0 Å². The van der Waals surface area contributed by atoms with E-state index in [4.69, 9.17) is 9.15 Å². The molecular formula is C25H33N3O4. The number of likely N-dealkylation sites (tertiary alicyclic amines) is 1. The smallest absolute Gasteiger partial charge is 0.327 e. The van der Waals surface area contributed by atoms with Gasteiger partial charge >= 0.3 is 6.03 Å². The molecule has 0 aliphatic carbocycles. The van der Waals surface area contributed by atoms with Crippen molar-refractivity contribution in [3.05, 3.63) is 53.5 Å². The third kappa shape index (κ3) is 4.13. The Kier molecular flexibility index (Phi) is 6.29. The summed E-state index contributed by atoms with van der Waals surface area (Å²) in [4.78, 5) is 31.8. The molecule has 1 unspecified atom stereocenters. The molecular weight excluding hydrogens is 406 g/mol. The fourth-order valence-electron chi connectivity index (χ4n) is 4.83. The van der Waals surface area contributed by atoms with Crippen molar-refractivity contribution in [3.8, 4) is 5.75 Å². The molecule has 2 aliphatic heterocycles. The maximum Gasteiger partial charge on any atom is 0.327 e. The van der Waals surface area contributed by atoms with E-state index in [1.807, 2.05) is 37.3 Å². The minimum atomic E-state index is -0.718. The molecule has 3 amide bonds. The van der Waals surface area contributed by atoms with Gasteiger partial charge in [-0.3, -0.25) is 9.69 Å². The summed E-state index contributed by atoms with van der Waals surface area (Å²) in [6, 6.07) is 11.4. The van der Waals surface area contributed by atoms with Crippen LogP contribution in [0.5, 0.6) is 5.75 Å². The van der Waals surface area contributed by atoms with Gasteiger partial charge in [-0.1, -0.05) is 19.1 Å². The highest BCUT2D eigenvalue weighted by atomic mass is 16.5. The van der Waals surface area contributed by atoms with E-state index >= 15 is 0 Å². The van der Waals surface area contributed by atoms with Crippen LogP contribution in [0.3, 0.4) is 0 Å². The lowest BCUT2D eigenvalue weighted by Gasteiger charge is -2.41. The van der Waals surface area contributed by atoms with E-state index in [1.165, 1.54) is 4.90 Å². The zero-order valence-corrected chi connectivity index (χ0v) is 19.5. The number of carbonyl (C=O) groups excluding carboxylic acids is 2. The molecule has 4 rings (SSSR count). The van der Waals surface area contributed by atoms with E-state index in [9.17, 15) is 9.59 Å². The number of nitrogens with zero attached hydrogens (tertiary/aromatic N) is 3. The van der Waals surface area contributed by atoms with Crippen LogP contribution in [0.15, 0.2) is 40.8 Å². The third-order valence-corrected chi connectivity index (χ3v) is 7.11. The first-order chi connectivity index (χ1) is 15.3. The van der Waals surface area contributed by atoms with Gasteiger partial charge in [0, 0.05) is 26.1 Å². The van der Waals surface area contributed by atoms with Gasteiger partial charge in [-0.05, 0) is 62.6 Å². The number of hydrogen-bond acceptors (Lipinski definition) is 5. The molecule has 1 aromatic heterocycles. The Morgan fingerprint density at radius 2 is 1.78 bits per heavy atom. The normalized spacial score (nSPS) is 19.8. The van der Waals surface area contributed by atoms with Crippen LogP contribution in [0.25, 0.3) is 0 Å². The maximum atomic E-state index is 13.4. The van der Waals surface area contributed by atoms with E-state index in [0.717, 1.165) is 48.9 Å². The molecule has 0 saturated carbocycles. The average Bonchev–Trinajstić information content (AvgIpc) is 3.32. The van der Waals surface area contributed by atoms with Crippen LogP contribution < -0.4 is 4.74 Å². The molecule has 0 N–H and O–H groups in total. The summed E-state index contributed by atoms with van der Waals surface area (Å²) in [6.07, 6.45) is 2.34. The second-order valence-corrected chi connectivity index (χ2v) is 9.09. The van der Waals surface area contributed by atoms with Crippen LogP contribution in [0.4, 0.5) is 4.79 Å². The molecule has 1 atom stereocenters. The number of urea groups is 1. The Labute approximate surface area is 189 Å². The fraction of sp³-hybridized carbons (Fsp3) is 0.520. The van der Waals surface area contributed by atoms with E-state index in [1.54, 1.807) is 19.1 Å². The van der Waals surface area contributed by atoms with Gasteiger partial charge in [0.15, 0.2) is 0 Å². The van der Waals surface area contributed by atoms with Gasteiger partial charge in [-0.25, -0.2) is 4.79 Å². The summed E-state index contributed by atoms with van der Waals surface area (Å²) < 4.78 is 10.9. The van der Waals surface area contributed by atoms with Crippen LogP contribution in [-0.4, -0.2) is 66.0 Å². The summed E-state index contributed by atoms with van der Waals surface area (Å²) in [5, 5.41) is 0. The Bertz CT molecular complexity index is 960. The van der Waals surface area contributed by atoms with E-state index in [0.29, 0.717) is 18.8 Å². The van der Waals surface area contributed by atoms with Crippen LogP contribution in [0.2, 0.25) is 0 Å². The van der Waals surface area contributed by atoms with Gasteiger partial charge in [0.25, 0.3) is 5.91 Å². The van der Waals surface area contributed by atoms with Gasteiger partial charge in [0.05, 0.1) is 13.7 Å². The van der Waals surface area contributed by atoms with Crippen molar-refractivity contribution in [1.82, 2.24) is 14.7 Å². The summed E-state index contributed by atoms with van der Waals surface area (Å²) >= 11 is 0. The summed E-state index contributed by atoms with van der Waals surface area (Å²) in [5.74, 6) is 3.02. The molecule has 32 heavy (non-hydrogen) atoms. The Morgan fingerprint density at radius 3 is 2.38 bits per heavy atom. The first-order valence-electron chi connectivity index (χ1n) is 11.4. The van der Waals surface area contributed by atoms with Crippen molar-refractivity contribution in [2.75, 3.05) is 33.8 Å². The topological polar surface area (TPSA) is 66.2 Å². The highest BCUT2D eigenvalue weighted by molar-refractivity contribution is 6.06. The maximum absolute atomic E-state index is 13.4. The highest BCUT2D eigenvalue weighted by Gasteiger charge is 2.56. The predicted octanol–water partition coefficient (Wildman–Crippen LogP) is 4.02. The fourth-order valence-corrected chi connectivity index (χ4v) is 4.83. The number of ether oxygens (including phenoxy) is 1. The lowest BCUT2D eigenvalue weighted by Crippen LogP contribution is -2.55. The zero-order chi connectivity index (χ0) is 22.9. The predicted molar refractivity (Wildman–Crippen MR) is 122 cm³/mol. The molecule has 7 nitrogen and oxygen atoms in total. The average molecular weight is 440 g/mol. The number of benzene rings is 1. The first kappa shape index (κ1) is 22.4. The molecule has 7 heteroatoms. The number of furan rings is 1. The van der Waals surface area contributed by atoms with Crippen molar-refractivity contribution >= 4 is 11.9 Å². The van der Waals surface area contributed by atoms with Crippen molar-refractivity contribution in [2.45, 2.75) is 51.1 Å². The number of piperidine rings is 1. The van der Waals surface area contributed by atoms with Crippen LogP contribution in [0.1, 0.15) is 49.2 Å². The number of likely N-dealkylation sites (N-methyl/N-ethyl adjacent to an activating group) is 1. The molecule has 2 fully saturated rings. The lowest BCUT2D eigenvalue weighted by molar-refractivity contribution is -0.135. The molecule has 3 heterocycles. The van der Waals surface area contributed by atoms with Crippen LogP contribution in [-0.2, 0) is 11.3 Å². The second kappa shape index (κ2) is 8.98. The summed E-state index contributed by atoms with van der Waals surface area (Å²) in [6.45, 7) is 7.02. The van der Waals surface area contributed by atoms with Gasteiger partial charge in [-0.15, -0.1) is 0 Å². The van der Waals surface area contributed by atoms with Gasteiger partial charge in [0.2, 0.25) is 0 Å². The largest absolute Gasteiger partial charge is 0.497 e. The molecule has 2 aliphatic rings. The number of imide groups is 1.